The van der Waals surface area contributed by atoms with Gasteiger partial charge in [-0.05, 0) is 24.8 Å². The van der Waals surface area contributed by atoms with Gasteiger partial charge in [0.05, 0.1) is 0 Å². The lowest BCUT2D eigenvalue weighted by atomic mass is 9.88. The molecule has 4 N–H and O–H groups in total. The monoisotopic (exact) mass is 365 g/mol. The Morgan fingerprint density at radius 3 is 2.39 bits per heavy atom. The number of hydrogen-bond acceptors (Lipinski definition) is 4. The molecular formula is C16H26Cl2FN3O. The molecule has 0 aromatic heterocycles. The molecule has 0 radical (unpaired) electrons. The van der Waals surface area contributed by atoms with E-state index >= 15 is 0 Å². The summed E-state index contributed by atoms with van der Waals surface area (Å²) in [6.07, 6.45) is 4.83. The largest absolute Gasteiger partial charge is 0.505 e. The van der Waals surface area contributed by atoms with Gasteiger partial charge in [-0.25, -0.2) is 4.39 Å². The molecule has 0 amide bonds. The minimum absolute atomic E-state index is 0. The van der Waals surface area contributed by atoms with E-state index < -0.39 is 5.82 Å². The van der Waals surface area contributed by atoms with E-state index in [0.717, 1.165) is 31.7 Å². The average molecular weight is 366 g/mol. The molecule has 1 saturated carbocycles. The Kier molecular flexibility index (Phi) is 7.87. The van der Waals surface area contributed by atoms with Crippen LogP contribution in [0.5, 0.6) is 5.75 Å². The summed E-state index contributed by atoms with van der Waals surface area (Å²) < 4.78 is 13.5. The normalized spacial score (nSPS) is 20.6. The number of nitrogens with one attached hydrogen (secondary N) is 1. The van der Waals surface area contributed by atoms with Gasteiger partial charge in [0.1, 0.15) is 17.3 Å². The van der Waals surface area contributed by atoms with Gasteiger partial charge in [-0.3, -0.25) is 4.90 Å². The van der Waals surface area contributed by atoms with Crippen LogP contribution in [-0.2, 0) is 0 Å². The van der Waals surface area contributed by atoms with Crippen LogP contribution in [-0.4, -0.2) is 36.2 Å². The Morgan fingerprint density at radius 2 is 1.78 bits per heavy atom. The zero-order valence-corrected chi connectivity index (χ0v) is 14.8. The van der Waals surface area contributed by atoms with Crippen LogP contribution in [0.4, 0.5) is 10.1 Å². The number of piperazine rings is 1. The summed E-state index contributed by atoms with van der Waals surface area (Å²) in [4.78, 5) is 2.42. The first kappa shape index (κ1) is 20.3. The van der Waals surface area contributed by atoms with E-state index in [0.29, 0.717) is 5.92 Å². The van der Waals surface area contributed by atoms with Crippen LogP contribution in [0.1, 0.15) is 37.3 Å². The Morgan fingerprint density at radius 1 is 1.17 bits per heavy atom. The number of halogens is 3. The SMILES string of the molecule is Cl.Cl.Nc1c(F)ccc([C@H](C2CCCC2)N2CCNCC2)c1O. The van der Waals surface area contributed by atoms with Crippen molar-refractivity contribution in [3.05, 3.63) is 23.5 Å². The minimum atomic E-state index is -0.540. The molecule has 2 aliphatic rings. The summed E-state index contributed by atoms with van der Waals surface area (Å²) in [6, 6.07) is 3.25. The minimum Gasteiger partial charge on any atom is -0.505 e. The summed E-state index contributed by atoms with van der Waals surface area (Å²) in [6.45, 7) is 3.83. The molecule has 0 unspecified atom stereocenters. The Hall–Kier alpha value is -0.750. The lowest BCUT2D eigenvalue weighted by Gasteiger charge is -2.39. The fraction of sp³-hybridized carbons (Fsp3) is 0.625. The molecule has 1 atom stereocenters. The van der Waals surface area contributed by atoms with Gasteiger partial charge >= 0.3 is 0 Å². The molecule has 1 aromatic carbocycles. The first-order valence-electron chi connectivity index (χ1n) is 7.90. The predicted octanol–water partition coefficient (Wildman–Crippen LogP) is 3.09. The van der Waals surface area contributed by atoms with E-state index in [2.05, 4.69) is 10.2 Å². The number of nitrogens with zero attached hydrogens (tertiary/aromatic N) is 1. The zero-order valence-electron chi connectivity index (χ0n) is 13.1. The van der Waals surface area contributed by atoms with Gasteiger partial charge in [0.25, 0.3) is 0 Å². The van der Waals surface area contributed by atoms with Crippen LogP contribution in [0, 0.1) is 11.7 Å². The van der Waals surface area contributed by atoms with Crippen molar-refractivity contribution in [2.75, 3.05) is 31.9 Å². The van der Waals surface area contributed by atoms with Crippen LogP contribution in [0.25, 0.3) is 0 Å². The van der Waals surface area contributed by atoms with Crippen LogP contribution < -0.4 is 11.1 Å². The third kappa shape index (κ3) is 4.21. The topological polar surface area (TPSA) is 61.5 Å². The van der Waals surface area contributed by atoms with Gasteiger partial charge in [-0.2, -0.15) is 0 Å². The maximum absolute atomic E-state index is 13.5. The first-order valence-corrected chi connectivity index (χ1v) is 7.90. The maximum Gasteiger partial charge on any atom is 0.149 e. The number of nitrogen functional groups attached to an aromatic ring is 1. The lowest BCUT2D eigenvalue weighted by molar-refractivity contribution is 0.123. The molecule has 23 heavy (non-hydrogen) atoms. The Balaban J connectivity index is 0.00000132. The van der Waals surface area contributed by atoms with E-state index in [-0.39, 0.29) is 42.3 Å². The van der Waals surface area contributed by atoms with Crippen LogP contribution in [0.3, 0.4) is 0 Å². The smallest absolute Gasteiger partial charge is 0.149 e. The molecule has 2 fully saturated rings. The third-order valence-corrected chi connectivity index (χ3v) is 4.91. The van der Waals surface area contributed by atoms with E-state index in [9.17, 15) is 9.50 Å². The predicted molar refractivity (Wildman–Crippen MR) is 96.1 cm³/mol. The van der Waals surface area contributed by atoms with Crippen LogP contribution in [0.2, 0.25) is 0 Å². The van der Waals surface area contributed by atoms with E-state index in [1.165, 1.54) is 31.7 Å². The standard InChI is InChI=1S/C16H24FN3O.2ClH/c17-13-6-5-12(16(21)14(13)18)15(11-3-1-2-4-11)20-9-7-19-8-10-20;;/h5-6,11,15,19,21H,1-4,7-10,18H2;2*1H/t15-;;/m0../s1. The molecule has 1 aliphatic carbocycles. The maximum atomic E-state index is 13.5. The van der Waals surface area contributed by atoms with E-state index in [1.54, 1.807) is 6.07 Å². The van der Waals surface area contributed by atoms with Crippen LogP contribution in [0.15, 0.2) is 12.1 Å². The number of nitrogens with two attached hydrogens (primary N) is 1. The molecule has 1 aliphatic heterocycles. The number of benzene rings is 1. The number of hydrogen-bond donors (Lipinski definition) is 3. The second kappa shape index (κ2) is 8.92. The first-order chi connectivity index (χ1) is 10.2. The van der Waals surface area contributed by atoms with Crippen LogP contribution >= 0.6 is 24.8 Å². The van der Waals surface area contributed by atoms with Gasteiger partial charge in [0, 0.05) is 37.8 Å². The molecule has 1 heterocycles. The van der Waals surface area contributed by atoms with E-state index in [1.807, 2.05) is 0 Å². The van der Waals surface area contributed by atoms with Crippen molar-refractivity contribution in [2.45, 2.75) is 31.7 Å². The number of anilines is 1. The summed E-state index contributed by atoms with van der Waals surface area (Å²) in [5.41, 5.74) is 6.37. The highest BCUT2D eigenvalue weighted by atomic mass is 35.5. The van der Waals surface area contributed by atoms with Gasteiger partial charge < -0.3 is 16.2 Å². The number of phenols is 1. The Labute approximate surface area is 149 Å². The van der Waals surface area contributed by atoms with Crippen molar-refractivity contribution < 1.29 is 9.50 Å². The quantitative estimate of drug-likeness (QED) is 0.568. The number of rotatable bonds is 3. The summed E-state index contributed by atoms with van der Waals surface area (Å²) in [5, 5.41) is 13.7. The zero-order chi connectivity index (χ0) is 14.8. The molecule has 4 nitrogen and oxygen atoms in total. The lowest BCUT2D eigenvalue weighted by Crippen LogP contribution is -2.46. The number of aromatic hydroxyl groups is 1. The molecule has 1 aromatic rings. The molecule has 1 saturated heterocycles. The van der Waals surface area contributed by atoms with Crippen molar-refractivity contribution in [2.24, 2.45) is 5.92 Å². The number of phenolic OH excluding ortho intramolecular Hbond substituents is 1. The second-order valence-electron chi connectivity index (χ2n) is 6.17. The summed E-state index contributed by atoms with van der Waals surface area (Å²) >= 11 is 0. The Bertz CT molecular complexity index is 506. The van der Waals surface area contributed by atoms with Gasteiger partial charge in [0.15, 0.2) is 0 Å². The highest BCUT2D eigenvalue weighted by molar-refractivity contribution is 5.85. The van der Waals surface area contributed by atoms with Gasteiger partial charge in [-0.1, -0.05) is 18.9 Å². The van der Waals surface area contributed by atoms with Crippen molar-refractivity contribution in [1.29, 1.82) is 0 Å². The van der Waals surface area contributed by atoms with E-state index in [4.69, 9.17) is 5.73 Å². The van der Waals surface area contributed by atoms with Gasteiger partial charge in [-0.15, -0.1) is 24.8 Å². The van der Waals surface area contributed by atoms with Crippen molar-refractivity contribution in [3.8, 4) is 5.75 Å². The third-order valence-electron chi connectivity index (χ3n) is 4.91. The van der Waals surface area contributed by atoms with Crippen molar-refractivity contribution in [3.63, 3.8) is 0 Å². The molecule has 7 heteroatoms. The molecular weight excluding hydrogens is 340 g/mol. The van der Waals surface area contributed by atoms with Crippen molar-refractivity contribution >= 4 is 30.5 Å². The summed E-state index contributed by atoms with van der Waals surface area (Å²) in [5.74, 6) is -0.0778. The highest BCUT2D eigenvalue weighted by Gasteiger charge is 2.34. The fourth-order valence-electron chi connectivity index (χ4n) is 3.82. The average Bonchev–Trinajstić information content (AvgIpc) is 3.03. The second-order valence-corrected chi connectivity index (χ2v) is 6.17. The highest BCUT2D eigenvalue weighted by Crippen LogP contribution is 2.44. The van der Waals surface area contributed by atoms with Gasteiger partial charge in [0.2, 0.25) is 0 Å². The molecule has 0 spiro atoms. The molecule has 0 bridgehead atoms. The van der Waals surface area contributed by atoms with Crippen molar-refractivity contribution in [1.82, 2.24) is 10.2 Å². The summed E-state index contributed by atoms with van der Waals surface area (Å²) in [7, 11) is 0. The molecule has 3 rings (SSSR count). The molecule has 132 valence electrons. The fourth-order valence-corrected chi connectivity index (χ4v) is 3.82.